The summed E-state index contributed by atoms with van der Waals surface area (Å²) in [7, 11) is -4.52. The van der Waals surface area contributed by atoms with Gasteiger partial charge in [0.1, 0.15) is 0 Å². The average Bonchev–Trinajstić information content (AvgIpc) is 2.32. The molecule has 0 atom stereocenters. The molecule has 1 aromatic rings. The third-order valence-electron chi connectivity index (χ3n) is 2.34. The van der Waals surface area contributed by atoms with E-state index in [4.69, 9.17) is 0 Å². The summed E-state index contributed by atoms with van der Waals surface area (Å²) in [5, 5.41) is 0. The van der Waals surface area contributed by atoms with Crippen LogP contribution in [-0.2, 0) is 19.0 Å². The van der Waals surface area contributed by atoms with E-state index in [2.05, 4.69) is 8.92 Å². The van der Waals surface area contributed by atoms with E-state index in [0.29, 0.717) is 5.56 Å². The van der Waals surface area contributed by atoms with Crippen LogP contribution in [0.25, 0.3) is 0 Å². The fourth-order valence-corrected chi connectivity index (χ4v) is 2.09. The minimum atomic E-state index is -5.74. The molecule has 0 bridgehead atoms. The summed E-state index contributed by atoms with van der Waals surface area (Å²) in [6.07, 6.45) is -15.6. The second-order valence-electron chi connectivity index (χ2n) is 4.13. The van der Waals surface area contributed by atoms with Crippen LogP contribution in [0.5, 0.6) is 0 Å². The SMILES string of the molecule is Cc1ccc(S(=O)(=O)OCOC(C(F)(F)F)C(F)(F)F)cc1. The molecule has 0 unspecified atom stereocenters. The fourth-order valence-electron chi connectivity index (χ4n) is 1.31. The molecule has 0 N–H and O–H groups in total. The van der Waals surface area contributed by atoms with E-state index in [1.165, 1.54) is 12.1 Å². The summed E-state index contributed by atoms with van der Waals surface area (Å²) in [5.74, 6) is 0. The van der Waals surface area contributed by atoms with Crippen LogP contribution in [0.4, 0.5) is 26.3 Å². The summed E-state index contributed by atoms with van der Waals surface area (Å²) in [6.45, 7) is -0.0719. The zero-order chi connectivity index (χ0) is 17.2. The van der Waals surface area contributed by atoms with Crippen molar-refractivity contribution in [2.45, 2.75) is 30.3 Å². The van der Waals surface area contributed by atoms with Crippen molar-refractivity contribution in [2.24, 2.45) is 0 Å². The Kier molecular flexibility index (Phi) is 5.47. The van der Waals surface area contributed by atoms with Crippen LogP contribution in [0.3, 0.4) is 0 Å². The molecule has 0 radical (unpaired) electrons. The molecule has 0 saturated heterocycles. The Morgan fingerprint density at radius 1 is 1.00 bits per heavy atom. The Bertz CT molecular complexity index is 576. The lowest BCUT2D eigenvalue weighted by Crippen LogP contribution is -2.44. The molecule has 0 spiro atoms. The summed E-state index contributed by atoms with van der Waals surface area (Å²) in [5.41, 5.74) is 0.699. The van der Waals surface area contributed by atoms with E-state index in [-0.39, 0.29) is 0 Å². The second-order valence-corrected chi connectivity index (χ2v) is 5.75. The first-order valence-corrected chi connectivity index (χ1v) is 6.96. The van der Waals surface area contributed by atoms with E-state index in [1.807, 2.05) is 0 Å². The molecule has 126 valence electrons. The van der Waals surface area contributed by atoms with Crippen molar-refractivity contribution in [2.75, 3.05) is 6.79 Å². The molecular formula is C11H10F6O4S. The maximum absolute atomic E-state index is 12.2. The van der Waals surface area contributed by atoms with Crippen molar-refractivity contribution in [1.29, 1.82) is 0 Å². The lowest BCUT2D eigenvalue weighted by atomic mass is 10.2. The summed E-state index contributed by atoms with van der Waals surface area (Å²) in [4.78, 5) is -0.419. The summed E-state index contributed by atoms with van der Waals surface area (Å²) >= 11 is 0. The third-order valence-corrected chi connectivity index (χ3v) is 3.60. The first-order valence-electron chi connectivity index (χ1n) is 5.55. The molecule has 0 amide bonds. The van der Waals surface area contributed by atoms with Crippen molar-refractivity contribution >= 4 is 10.1 Å². The molecule has 1 rings (SSSR count). The van der Waals surface area contributed by atoms with Crippen molar-refractivity contribution in [3.05, 3.63) is 29.8 Å². The van der Waals surface area contributed by atoms with Gasteiger partial charge in [-0.25, -0.2) is 4.18 Å². The van der Waals surface area contributed by atoms with Crippen LogP contribution in [0.15, 0.2) is 29.2 Å². The Morgan fingerprint density at radius 2 is 1.45 bits per heavy atom. The predicted molar refractivity (Wildman–Crippen MR) is 61.3 cm³/mol. The third kappa shape index (κ3) is 5.14. The summed E-state index contributed by atoms with van der Waals surface area (Å²) < 4.78 is 104. The largest absolute Gasteiger partial charge is 0.423 e. The predicted octanol–water partition coefficient (Wildman–Crippen LogP) is 3.17. The molecule has 0 heterocycles. The molecule has 0 fully saturated rings. The van der Waals surface area contributed by atoms with Crippen LogP contribution in [-0.4, -0.2) is 33.7 Å². The van der Waals surface area contributed by atoms with Gasteiger partial charge in [0.15, 0.2) is 6.79 Å². The van der Waals surface area contributed by atoms with Gasteiger partial charge < -0.3 is 4.74 Å². The molecule has 0 aromatic heterocycles. The van der Waals surface area contributed by atoms with Gasteiger partial charge in [-0.3, -0.25) is 0 Å². The maximum Gasteiger partial charge on any atom is 0.423 e. The Balaban J connectivity index is 2.75. The maximum atomic E-state index is 12.2. The smallest absolute Gasteiger partial charge is 0.333 e. The van der Waals surface area contributed by atoms with Crippen LogP contribution in [0, 0.1) is 6.92 Å². The van der Waals surface area contributed by atoms with E-state index < -0.39 is 40.3 Å². The highest BCUT2D eigenvalue weighted by atomic mass is 32.2. The van der Waals surface area contributed by atoms with Gasteiger partial charge in [0, 0.05) is 0 Å². The lowest BCUT2D eigenvalue weighted by Gasteiger charge is -2.22. The molecule has 1 aromatic carbocycles. The molecule has 0 aliphatic carbocycles. The van der Waals surface area contributed by atoms with Crippen molar-refractivity contribution < 1.29 is 43.7 Å². The number of aryl methyl sites for hydroxylation is 1. The normalized spacial score (nSPS) is 13.6. The zero-order valence-electron chi connectivity index (χ0n) is 10.9. The quantitative estimate of drug-likeness (QED) is 0.464. The van der Waals surface area contributed by atoms with Gasteiger partial charge in [0.2, 0.25) is 0 Å². The number of rotatable bonds is 5. The molecule has 0 saturated carbocycles. The van der Waals surface area contributed by atoms with Gasteiger partial charge in [0.05, 0.1) is 4.90 Å². The van der Waals surface area contributed by atoms with Gasteiger partial charge in [-0.2, -0.15) is 34.8 Å². The Morgan fingerprint density at radius 3 is 1.86 bits per heavy atom. The van der Waals surface area contributed by atoms with E-state index in [1.54, 1.807) is 6.92 Å². The molecule has 0 aliphatic rings. The van der Waals surface area contributed by atoms with Gasteiger partial charge in [0.25, 0.3) is 16.2 Å². The first-order chi connectivity index (χ1) is 9.84. The molecule has 0 aliphatic heterocycles. The van der Waals surface area contributed by atoms with Gasteiger partial charge in [-0.05, 0) is 19.1 Å². The molecule has 11 heteroatoms. The van der Waals surface area contributed by atoms with Gasteiger partial charge >= 0.3 is 12.4 Å². The highest BCUT2D eigenvalue weighted by Crippen LogP contribution is 2.35. The topological polar surface area (TPSA) is 52.6 Å². The van der Waals surface area contributed by atoms with Crippen LogP contribution in [0.2, 0.25) is 0 Å². The van der Waals surface area contributed by atoms with Gasteiger partial charge in [-0.1, -0.05) is 17.7 Å². The van der Waals surface area contributed by atoms with E-state index in [9.17, 15) is 34.8 Å². The lowest BCUT2D eigenvalue weighted by molar-refractivity contribution is -0.330. The van der Waals surface area contributed by atoms with Crippen molar-refractivity contribution in [3.63, 3.8) is 0 Å². The standard InChI is InChI=1S/C11H10F6O4S/c1-7-2-4-8(5-3-7)22(18,19)21-6-20-9(10(12,13)14)11(15,16)17/h2-5,9H,6H2,1H3. The van der Waals surface area contributed by atoms with Crippen molar-refractivity contribution in [3.8, 4) is 0 Å². The highest BCUT2D eigenvalue weighted by molar-refractivity contribution is 7.86. The van der Waals surface area contributed by atoms with E-state index >= 15 is 0 Å². The number of alkyl halides is 6. The van der Waals surface area contributed by atoms with Crippen LogP contribution in [0.1, 0.15) is 5.56 Å². The highest BCUT2D eigenvalue weighted by Gasteiger charge is 2.58. The number of hydrogen-bond donors (Lipinski definition) is 0. The fraction of sp³-hybridized carbons (Fsp3) is 0.455. The monoisotopic (exact) mass is 352 g/mol. The average molecular weight is 352 g/mol. The molecular weight excluding hydrogens is 342 g/mol. The van der Waals surface area contributed by atoms with Crippen LogP contribution < -0.4 is 0 Å². The number of benzene rings is 1. The van der Waals surface area contributed by atoms with Crippen LogP contribution >= 0.6 is 0 Å². The number of halogens is 6. The molecule has 4 nitrogen and oxygen atoms in total. The number of ether oxygens (including phenoxy) is 1. The van der Waals surface area contributed by atoms with Gasteiger partial charge in [-0.15, -0.1) is 0 Å². The Labute approximate surface area is 121 Å². The summed E-state index contributed by atoms with van der Waals surface area (Å²) in [6, 6.07) is 4.95. The Hall–Kier alpha value is -1.33. The number of hydrogen-bond acceptors (Lipinski definition) is 4. The minimum absolute atomic E-state index is 0.419. The minimum Gasteiger partial charge on any atom is -0.333 e. The first kappa shape index (κ1) is 18.7. The second kappa shape index (κ2) is 6.42. The zero-order valence-corrected chi connectivity index (χ0v) is 11.7. The van der Waals surface area contributed by atoms with E-state index in [0.717, 1.165) is 12.1 Å². The van der Waals surface area contributed by atoms with Crippen molar-refractivity contribution in [1.82, 2.24) is 0 Å². The molecule has 22 heavy (non-hydrogen) atoms.